The minimum Gasteiger partial charge on any atom is -0.335 e. The number of hydrazone groups is 1. The normalized spacial score (nSPS) is 11.0. The summed E-state index contributed by atoms with van der Waals surface area (Å²) in [5, 5.41) is 11.9. The highest BCUT2D eigenvalue weighted by molar-refractivity contribution is 5.80. The molecular weight excluding hydrogens is 228 g/mol. The third-order valence-corrected chi connectivity index (χ3v) is 2.54. The van der Waals surface area contributed by atoms with Gasteiger partial charge in [-0.1, -0.05) is 36.8 Å². The summed E-state index contributed by atoms with van der Waals surface area (Å²) in [7, 11) is 0. The smallest absolute Gasteiger partial charge is 0.263 e. The summed E-state index contributed by atoms with van der Waals surface area (Å²) >= 11 is 0. The van der Waals surface area contributed by atoms with Gasteiger partial charge in [0.15, 0.2) is 5.82 Å². The fraction of sp³-hybridized carbons (Fsp3) is 0.250. The zero-order valence-electron chi connectivity index (χ0n) is 10.5. The molecule has 1 aromatic carbocycles. The first-order valence-electron chi connectivity index (χ1n) is 5.76. The van der Waals surface area contributed by atoms with E-state index in [0.29, 0.717) is 11.8 Å². The number of anilines is 1. The molecule has 6 nitrogen and oxygen atoms in total. The molecule has 0 saturated heterocycles. The number of aryl methyl sites for hydroxylation is 2. The topological polar surface area (TPSA) is 81.1 Å². The zero-order valence-corrected chi connectivity index (χ0v) is 10.5. The number of aromatic nitrogens is 3. The van der Waals surface area contributed by atoms with Crippen molar-refractivity contribution in [3.8, 4) is 0 Å². The molecule has 1 aromatic heterocycles. The summed E-state index contributed by atoms with van der Waals surface area (Å²) in [6, 6.07) is 8.04. The highest BCUT2D eigenvalue weighted by Crippen LogP contribution is 2.04. The maximum Gasteiger partial charge on any atom is 0.263 e. The van der Waals surface area contributed by atoms with Crippen LogP contribution in [0.1, 0.15) is 23.9 Å². The number of nitrogens with two attached hydrogens (primary N) is 1. The molecule has 0 atom stereocenters. The molecule has 0 fully saturated rings. The molecule has 6 heteroatoms. The van der Waals surface area contributed by atoms with Crippen molar-refractivity contribution in [3.63, 3.8) is 0 Å². The van der Waals surface area contributed by atoms with E-state index in [1.807, 2.05) is 38.1 Å². The van der Waals surface area contributed by atoms with E-state index >= 15 is 0 Å². The number of hydrogen-bond donors (Lipinski definition) is 2. The maximum atomic E-state index is 5.77. The van der Waals surface area contributed by atoms with Gasteiger partial charge in [0, 0.05) is 6.42 Å². The van der Waals surface area contributed by atoms with Crippen molar-refractivity contribution in [1.29, 1.82) is 0 Å². The first kappa shape index (κ1) is 12.1. The van der Waals surface area contributed by atoms with Crippen LogP contribution in [0.25, 0.3) is 0 Å². The molecule has 0 saturated carbocycles. The molecule has 0 aliphatic carbocycles. The average molecular weight is 244 g/mol. The van der Waals surface area contributed by atoms with Crippen LogP contribution in [0.2, 0.25) is 0 Å². The monoisotopic (exact) mass is 244 g/mol. The molecule has 0 unspecified atom stereocenters. The molecule has 2 aromatic rings. The van der Waals surface area contributed by atoms with Gasteiger partial charge in [-0.2, -0.15) is 5.10 Å². The second-order valence-corrected chi connectivity index (χ2v) is 3.94. The summed E-state index contributed by atoms with van der Waals surface area (Å²) < 4.78 is 1.40. The van der Waals surface area contributed by atoms with Crippen molar-refractivity contribution < 1.29 is 0 Å². The van der Waals surface area contributed by atoms with Gasteiger partial charge >= 0.3 is 0 Å². The number of nitrogens with one attached hydrogen (secondary N) is 1. The molecule has 0 radical (unpaired) electrons. The number of nitrogens with zero attached hydrogens (tertiary/aromatic N) is 4. The molecule has 0 aliphatic heterocycles. The quantitative estimate of drug-likeness (QED) is 0.482. The Morgan fingerprint density at radius 1 is 1.33 bits per heavy atom. The fourth-order valence-electron chi connectivity index (χ4n) is 1.46. The minimum atomic E-state index is 0.426. The summed E-state index contributed by atoms with van der Waals surface area (Å²) in [6.07, 6.45) is 2.44. The van der Waals surface area contributed by atoms with E-state index in [0.717, 1.165) is 12.0 Å². The first-order valence-corrected chi connectivity index (χ1v) is 5.76. The van der Waals surface area contributed by atoms with E-state index in [4.69, 9.17) is 5.84 Å². The van der Waals surface area contributed by atoms with Gasteiger partial charge in [0.1, 0.15) is 0 Å². The standard InChI is InChI=1S/C12H16N6/c1-3-11-15-17-12(18(11)13)16-14-8-10-6-4-9(2)5-7-10/h4-8H,3,13H2,1-2H3,(H,16,17)/b14-8-. The second-order valence-electron chi connectivity index (χ2n) is 3.94. The van der Waals surface area contributed by atoms with Crippen LogP contribution in [0.5, 0.6) is 0 Å². The Hall–Kier alpha value is -2.37. The van der Waals surface area contributed by atoms with E-state index in [9.17, 15) is 0 Å². The lowest BCUT2D eigenvalue weighted by atomic mass is 10.2. The van der Waals surface area contributed by atoms with Gasteiger partial charge < -0.3 is 5.84 Å². The van der Waals surface area contributed by atoms with Gasteiger partial charge in [0.25, 0.3) is 5.95 Å². The Morgan fingerprint density at radius 2 is 2.06 bits per heavy atom. The third-order valence-electron chi connectivity index (χ3n) is 2.54. The SMILES string of the molecule is CCc1nnc(N/N=C\c2ccc(C)cc2)n1N. The van der Waals surface area contributed by atoms with Crippen molar-refractivity contribution in [2.75, 3.05) is 11.3 Å². The highest BCUT2D eigenvalue weighted by Gasteiger charge is 2.05. The van der Waals surface area contributed by atoms with Crippen LogP contribution < -0.4 is 11.3 Å². The Labute approximate surface area is 106 Å². The molecule has 3 N–H and O–H groups in total. The molecule has 0 bridgehead atoms. The van der Waals surface area contributed by atoms with Gasteiger partial charge in [-0.25, -0.2) is 10.1 Å². The molecule has 18 heavy (non-hydrogen) atoms. The van der Waals surface area contributed by atoms with Crippen molar-refractivity contribution in [1.82, 2.24) is 14.9 Å². The maximum absolute atomic E-state index is 5.77. The highest BCUT2D eigenvalue weighted by atomic mass is 15.5. The molecule has 94 valence electrons. The van der Waals surface area contributed by atoms with Crippen molar-refractivity contribution in [2.45, 2.75) is 20.3 Å². The van der Waals surface area contributed by atoms with Crippen molar-refractivity contribution >= 4 is 12.2 Å². The molecular formula is C12H16N6. The first-order chi connectivity index (χ1) is 8.70. The average Bonchev–Trinajstić information content (AvgIpc) is 2.73. The summed E-state index contributed by atoms with van der Waals surface area (Å²) in [5.74, 6) is 6.91. The molecule has 0 spiro atoms. The summed E-state index contributed by atoms with van der Waals surface area (Å²) in [5.41, 5.74) is 4.99. The van der Waals surface area contributed by atoms with Crippen LogP contribution in [-0.4, -0.2) is 21.1 Å². The van der Waals surface area contributed by atoms with Crippen LogP contribution in [-0.2, 0) is 6.42 Å². The minimum absolute atomic E-state index is 0.426. The second kappa shape index (κ2) is 5.31. The van der Waals surface area contributed by atoms with E-state index in [2.05, 4.69) is 20.7 Å². The van der Waals surface area contributed by atoms with Gasteiger partial charge in [-0.3, -0.25) is 0 Å². The number of hydrogen-bond acceptors (Lipinski definition) is 5. The zero-order chi connectivity index (χ0) is 13.0. The van der Waals surface area contributed by atoms with Gasteiger partial charge in [-0.05, 0) is 12.5 Å². The Morgan fingerprint density at radius 3 is 2.67 bits per heavy atom. The van der Waals surface area contributed by atoms with E-state index in [1.165, 1.54) is 10.2 Å². The Kier molecular flexibility index (Phi) is 3.57. The predicted octanol–water partition coefficient (Wildman–Crippen LogP) is 1.31. The van der Waals surface area contributed by atoms with Crippen molar-refractivity contribution in [2.24, 2.45) is 5.10 Å². The van der Waals surface area contributed by atoms with E-state index in [-0.39, 0.29) is 0 Å². The fourth-order valence-corrected chi connectivity index (χ4v) is 1.46. The number of nitrogen functional groups attached to an aromatic ring is 1. The Balaban J connectivity index is 2.02. The predicted molar refractivity (Wildman–Crippen MR) is 71.9 cm³/mol. The lowest BCUT2D eigenvalue weighted by Crippen LogP contribution is -2.14. The van der Waals surface area contributed by atoms with Crippen LogP contribution in [0.4, 0.5) is 5.95 Å². The van der Waals surface area contributed by atoms with Crippen LogP contribution in [0.15, 0.2) is 29.4 Å². The molecule has 0 amide bonds. The van der Waals surface area contributed by atoms with Gasteiger partial charge in [0.2, 0.25) is 0 Å². The van der Waals surface area contributed by atoms with Crippen LogP contribution >= 0.6 is 0 Å². The summed E-state index contributed by atoms with van der Waals surface area (Å²) in [6.45, 7) is 4.01. The lowest BCUT2D eigenvalue weighted by molar-refractivity contribution is 0.855. The number of rotatable bonds is 4. The van der Waals surface area contributed by atoms with Gasteiger partial charge in [0.05, 0.1) is 6.21 Å². The Bertz CT molecular complexity index is 540. The summed E-state index contributed by atoms with van der Waals surface area (Å²) in [4.78, 5) is 0. The largest absolute Gasteiger partial charge is 0.335 e. The van der Waals surface area contributed by atoms with Crippen molar-refractivity contribution in [3.05, 3.63) is 41.2 Å². The lowest BCUT2D eigenvalue weighted by Gasteiger charge is -2.00. The number of benzene rings is 1. The molecule has 0 aliphatic rings. The molecule has 1 heterocycles. The van der Waals surface area contributed by atoms with E-state index in [1.54, 1.807) is 6.21 Å². The third kappa shape index (κ3) is 2.65. The van der Waals surface area contributed by atoms with Gasteiger partial charge in [-0.15, -0.1) is 10.2 Å². The van der Waals surface area contributed by atoms with Crippen LogP contribution in [0.3, 0.4) is 0 Å². The van der Waals surface area contributed by atoms with Crippen LogP contribution in [0, 0.1) is 6.92 Å². The molecule has 2 rings (SSSR count). The van der Waals surface area contributed by atoms with E-state index < -0.39 is 0 Å².